The molecule has 0 aliphatic rings. The second-order valence-corrected chi connectivity index (χ2v) is 5.20. The van der Waals surface area contributed by atoms with Crippen molar-refractivity contribution in [3.05, 3.63) is 54.7 Å². The minimum atomic E-state index is 0.350. The van der Waals surface area contributed by atoms with Crippen molar-refractivity contribution in [2.24, 2.45) is 0 Å². The second-order valence-electron chi connectivity index (χ2n) is 5.20. The van der Waals surface area contributed by atoms with Crippen molar-refractivity contribution in [1.82, 2.24) is 10.3 Å². The number of para-hydroxylation sites is 1. The van der Waals surface area contributed by atoms with E-state index in [1.54, 1.807) is 0 Å². The number of benzene rings is 1. The molecule has 0 radical (unpaired) electrons. The normalized spacial score (nSPS) is 12.4. The van der Waals surface area contributed by atoms with Gasteiger partial charge in [-0.3, -0.25) is 4.98 Å². The first-order valence-electron chi connectivity index (χ1n) is 7.49. The third-order valence-electron chi connectivity index (χ3n) is 3.73. The molecule has 0 fully saturated rings. The maximum absolute atomic E-state index is 4.78. The summed E-state index contributed by atoms with van der Waals surface area (Å²) in [6.45, 7) is 3.76. The van der Waals surface area contributed by atoms with Crippen molar-refractivity contribution in [2.75, 3.05) is 7.05 Å². The molecule has 0 aliphatic heterocycles. The molecule has 0 aliphatic carbocycles. The lowest BCUT2D eigenvalue weighted by Crippen LogP contribution is -2.17. The summed E-state index contributed by atoms with van der Waals surface area (Å²) >= 11 is 0. The van der Waals surface area contributed by atoms with Gasteiger partial charge in [0, 0.05) is 11.4 Å². The second kappa shape index (κ2) is 7.81. The standard InChI is InChI=1S/C18H24N2/c1-3-4-5-6-7-12-17(19-2)18-14-13-15-10-8-9-11-16(15)20-18/h3,8-11,13-14,17,19H,1,4-7,12H2,2H3. The van der Waals surface area contributed by atoms with E-state index in [9.17, 15) is 0 Å². The minimum Gasteiger partial charge on any atom is -0.312 e. The summed E-state index contributed by atoms with van der Waals surface area (Å²) in [4.78, 5) is 4.78. The Morgan fingerprint density at radius 2 is 2.00 bits per heavy atom. The summed E-state index contributed by atoms with van der Waals surface area (Å²) in [6, 6.07) is 12.9. The van der Waals surface area contributed by atoms with Gasteiger partial charge in [0.05, 0.1) is 11.2 Å². The number of nitrogens with zero attached hydrogens (tertiary/aromatic N) is 1. The molecule has 0 saturated carbocycles. The Kier molecular flexibility index (Phi) is 5.75. The number of unbranched alkanes of at least 4 members (excludes halogenated alkanes) is 3. The molecule has 1 N–H and O–H groups in total. The molecule has 2 rings (SSSR count). The molecule has 0 spiro atoms. The number of hydrogen-bond donors (Lipinski definition) is 1. The Hall–Kier alpha value is -1.67. The van der Waals surface area contributed by atoms with Gasteiger partial charge in [0.1, 0.15) is 0 Å². The van der Waals surface area contributed by atoms with Gasteiger partial charge in [0.2, 0.25) is 0 Å². The molecule has 106 valence electrons. The number of pyridine rings is 1. The van der Waals surface area contributed by atoms with Gasteiger partial charge in [-0.05, 0) is 38.4 Å². The summed E-state index contributed by atoms with van der Waals surface area (Å²) in [7, 11) is 2.02. The van der Waals surface area contributed by atoms with E-state index in [0.29, 0.717) is 6.04 Å². The molecule has 0 bridgehead atoms. The van der Waals surface area contributed by atoms with Gasteiger partial charge in [0.25, 0.3) is 0 Å². The molecule has 2 nitrogen and oxygen atoms in total. The van der Waals surface area contributed by atoms with Crippen LogP contribution in [0.4, 0.5) is 0 Å². The summed E-state index contributed by atoms with van der Waals surface area (Å²) in [5, 5.41) is 4.60. The summed E-state index contributed by atoms with van der Waals surface area (Å²) in [6.07, 6.45) is 7.99. The third kappa shape index (κ3) is 3.91. The number of fused-ring (bicyclic) bond motifs is 1. The lowest BCUT2D eigenvalue weighted by atomic mass is 10.0. The Morgan fingerprint density at radius 3 is 2.80 bits per heavy atom. The van der Waals surface area contributed by atoms with E-state index in [4.69, 9.17) is 4.98 Å². The van der Waals surface area contributed by atoms with Crippen molar-refractivity contribution < 1.29 is 0 Å². The van der Waals surface area contributed by atoms with Crippen LogP contribution in [-0.4, -0.2) is 12.0 Å². The first kappa shape index (κ1) is 14.7. The van der Waals surface area contributed by atoms with Gasteiger partial charge in [-0.2, -0.15) is 0 Å². The van der Waals surface area contributed by atoms with Gasteiger partial charge in [-0.1, -0.05) is 43.2 Å². The quantitative estimate of drug-likeness (QED) is 0.557. The number of allylic oxidation sites excluding steroid dienone is 1. The molecule has 1 heterocycles. The highest BCUT2D eigenvalue weighted by atomic mass is 14.9. The Bertz CT molecular complexity index is 548. The molecule has 1 unspecified atom stereocenters. The SMILES string of the molecule is C=CCCCCCC(NC)c1ccc2ccccc2n1. The van der Waals surface area contributed by atoms with Crippen LogP contribution in [0, 0.1) is 0 Å². The van der Waals surface area contributed by atoms with Crippen LogP contribution in [0.15, 0.2) is 49.1 Å². The van der Waals surface area contributed by atoms with E-state index in [0.717, 1.165) is 24.1 Å². The molecular formula is C18H24N2. The van der Waals surface area contributed by atoms with Crippen LogP contribution in [0.25, 0.3) is 10.9 Å². The van der Waals surface area contributed by atoms with Gasteiger partial charge in [0.15, 0.2) is 0 Å². The van der Waals surface area contributed by atoms with Crippen LogP contribution in [0.3, 0.4) is 0 Å². The molecule has 0 amide bonds. The average Bonchev–Trinajstić information content (AvgIpc) is 2.50. The van der Waals surface area contributed by atoms with Crippen LogP contribution in [0.2, 0.25) is 0 Å². The van der Waals surface area contributed by atoms with Crippen LogP contribution in [-0.2, 0) is 0 Å². The number of rotatable bonds is 8. The first-order valence-corrected chi connectivity index (χ1v) is 7.49. The lowest BCUT2D eigenvalue weighted by Gasteiger charge is -2.16. The highest BCUT2D eigenvalue weighted by Crippen LogP contribution is 2.21. The van der Waals surface area contributed by atoms with Crippen LogP contribution >= 0.6 is 0 Å². The molecule has 2 heteroatoms. The molecule has 1 atom stereocenters. The number of hydrogen-bond acceptors (Lipinski definition) is 2. The first-order chi connectivity index (χ1) is 9.85. The summed E-state index contributed by atoms with van der Waals surface area (Å²) < 4.78 is 0. The van der Waals surface area contributed by atoms with E-state index >= 15 is 0 Å². The number of nitrogens with one attached hydrogen (secondary N) is 1. The van der Waals surface area contributed by atoms with E-state index in [1.165, 1.54) is 24.6 Å². The fraction of sp³-hybridized carbons (Fsp3) is 0.389. The Balaban J connectivity index is 1.99. The molecule has 1 aromatic heterocycles. The zero-order valence-corrected chi connectivity index (χ0v) is 12.3. The zero-order chi connectivity index (χ0) is 14.2. The summed E-state index contributed by atoms with van der Waals surface area (Å²) in [5.41, 5.74) is 2.23. The fourth-order valence-electron chi connectivity index (χ4n) is 2.53. The van der Waals surface area contributed by atoms with Gasteiger partial charge < -0.3 is 5.32 Å². The summed E-state index contributed by atoms with van der Waals surface area (Å²) in [5.74, 6) is 0. The third-order valence-corrected chi connectivity index (χ3v) is 3.73. The Labute approximate surface area is 121 Å². The van der Waals surface area contributed by atoms with Crippen molar-refractivity contribution >= 4 is 10.9 Å². The zero-order valence-electron chi connectivity index (χ0n) is 12.3. The van der Waals surface area contributed by atoms with Crippen molar-refractivity contribution in [3.63, 3.8) is 0 Å². The van der Waals surface area contributed by atoms with E-state index in [-0.39, 0.29) is 0 Å². The van der Waals surface area contributed by atoms with E-state index in [2.05, 4.69) is 42.2 Å². The van der Waals surface area contributed by atoms with E-state index < -0.39 is 0 Å². The monoisotopic (exact) mass is 268 g/mol. The maximum Gasteiger partial charge on any atom is 0.0706 e. The average molecular weight is 268 g/mol. The van der Waals surface area contributed by atoms with Crippen LogP contribution < -0.4 is 5.32 Å². The minimum absolute atomic E-state index is 0.350. The number of aromatic nitrogens is 1. The van der Waals surface area contributed by atoms with Crippen LogP contribution in [0.5, 0.6) is 0 Å². The molecular weight excluding hydrogens is 244 g/mol. The lowest BCUT2D eigenvalue weighted by molar-refractivity contribution is 0.499. The maximum atomic E-state index is 4.78. The fourth-order valence-corrected chi connectivity index (χ4v) is 2.53. The van der Waals surface area contributed by atoms with Crippen LogP contribution in [0.1, 0.15) is 43.8 Å². The molecule has 2 aromatic rings. The van der Waals surface area contributed by atoms with Crippen molar-refractivity contribution in [2.45, 2.75) is 38.1 Å². The molecule has 20 heavy (non-hydrogen) atoms. The predicted octanol–water partition coefficient (Wildman–Crippen LogP) is 4.63. The van der Waals surface area contributed by atoms with Crippen molar-refractivity contribution in [1.29, 1.82) is 0 Å². The smallest absolute Gasteiger partial charge is 0.0706 e. The Morgan fingerprint density at radius 1 is 1.15 bits per heavy atom. The van der Waals surface area contributed by atoms with Gasteiger partial charge >= 0.3 is 0 Å². The molecule has 1 aromatic carbocycles. The predicted molar refractivity (Wildman–Crippen MR) is 86.8 cm³/mol. The van der Waals surface area contributed by atoms with Crippen molar-refractivity contribution in [3.8, 4) is 0 Å². The topological polar surface area (TPSA) is 24.9 Å². The highest BCUT2D eigenvalue weighted by molar-refractivity contribution is 5.78. The largest absolute Gasteiger partial charge is 0.312 e. The highest BCUT2D eigenvalue weighted by Gasteiger charge is 2.10. The van der Waals surface area contributed by atoms with Gasteiger partial charge in [-0.25, -0.2) is 0 Å². The van der Waals surface area contributed by atoms with Gasteiger partial charge in [-0.15, -0.1) is 6.58 Å². The van der Waals surface area contributed by atoms with E-state index in [1.807, 2.05) is 19.2 Å². The molecule has 0 saturated heterocycles.